The molecule has 1 aliphatic rings. The standard InChI is InChI=1S/C18H27N5O/c1-13(2)12-15(23-10-6-7-11-23)17(24)20-18-19-16(21-22-18)14-8-4-3-5-9-14/h6-7,10-11,13-15H,3-5,8-9,12H2,1-2H3,(H2,19,20,21,22,24). The first-order valence-corrected chi connectivity index (χ1v) is 8.99. The average molecular weight is 329 g/mol. The second kappa shape index (κ2) is 7.64. The number of nitrogens with zero attached hydrogens (tertiary/aromatic N) is 3. The summed E-state index contributed by atoms with van der Waals surface area (Å²) in [6.45, 7) is 4.25. The molecule has 1 fully saturated rings. The number of H-pyrrole nitrogens is 1. The largest absolute Gasteiger partial charge is 0.342 e. The lowest BCUT2D eigenvalue weighted by Crippen LogP contribution is -2.27. The Bertz CT molecular complexity index is 640. The molecule has 2 N–H and O–H groups in total. The third-order valence-electron chi connectivity index (χ3n) is 4.71. The van der Waals surface area contributed by atoms with Crippen LogP contribution in [0, 0.1) is 5.92 Å². The Balaban J connectivity index is 1.67. The highest BCUT2D eigenvalue weighted by molar-refractivity contribution is 5.92. The zero-order valence-electron chi connectivity index (χ0n) is 14.5. The van der Waals surface area contributed by atoms with E-state index in [0.717, 1.165) is 25.1 Å². The van der Waals surface area contributed by atoms with E-state index in [9.17, 15) is 4.79 Å². The number of nitrogens with one attached hydrogen (secondary N) is 2. The summed E-state index contributed by atoms with van der Waals surface area (Å²) in [5, 5.41) is 10.1. The number of carbonyl (C=O) groups is 1. The smallest absolute Gasteiger partial charge is 0.249 e. The molecule has 1 atom stereocenters. The number of anilines is 1. The maximum Gasteiger partial charge on any atom is 0.249 e. The zero-order valence-corrected chi connectivity index (χ0v) is 14.5. The molecular formula is C18H27N5O. The van der Waals surface area contributed by atoms with Gasteiger partial charge in [0.05, 0.1) is 0 Å². The second-order valence-electron chi connectivity index (χ2n) is 7.14. The van der Waals surface area contributed by atoms with Crippen LogP contribution in [-0.2, 0) is 4.79 Å². The van der Waals surface area contributed by atoms with Gasteiger partial charge in [0, 0.05) is 18.3 Å². The summed E-state index contributed by atoms with van der Waals surface area (Å²) in [4.78, 5) is 17.2. The van der Waals surface area contributed by atoms with Crippen LogP contribution in [-0.4, -0.2) is 25.7 Å². The fourth-order valence-electron chi connectivity index (χ4n) is 3.45. The van der Waals surface area contributed by atoms with E-state index < -0.39 is 0 Å². The van der Waals surface area contributed by atoms with Gasteiger partial charge in [-0.1, -0.05) is 33.1 Å². The van der Waals surface area contributed by atoms with Gasteiger partial charge >= 0.3 is 0 Å². The Labute approximate surface area is 143 Å². The normalized spacial score (nSPS) is 17.1. The van der Waals surface area contributed by atoms with Crippen molar-refractivity contribution in [3.63, 3.8) is 0 Å². The number of amides is 1. The van der Waals surface area contributed by atoms with E-state index in [0.29, 0.717) is 17.8 Å². The van der Waals surface area contributed by atoms with E-state index in [1.54, 1.807) is 0 Å². The van der Waals surface area contributed by atoms with Gasteiger partial charge < -0.3 is 4.57 Å². The van der Waals surface area contributed by atoms with Crippen molar-refractivity contribution in [1.82, 2.24) is 19.7 Å². The molecule has 0 radical (unpaired) electrons. The minimum absolute atomic E-state index is 0.0610. The van der Waals surface area contributed by atoms with Crippen molar-refractivity contribution in [1.29, 1.82) is 0 Å². The van der Waals surface area contributed by atoms with Gasteiger partial charge in [-0.25, -0.2) is 0 Å². The van der Waals surface area contributed by atoms with Gasteiger partial charge in [-0.15, -0.1) is 5.10 Å². The number of hydrogen-bond donors (Lipinski definition) is 2. The molecular weight excluding hydrogens is 302 g/mol. The van der Waals surface area contributed by atoms with Gasteiger partial charge in [0.15, 0.2) is 0 Å². The molecule has 24 heavy (non-hydrogen) atoms. The molecule has 1 aliphatic carbocycles. The quantitative estimate of drug-likeness (QED) is 0.844. The van der Waals surface area contributed by atoms with E-state index in [1.807, 2.05) is 29.1 Å². The number of aromatic amines is 1. The van der Waals surface area contributed by atoms with Crippen molar-refractivity contribution in [2.45, 2.75) is 64.3 Å². The van der Waals surface area contributed by atoms with Crippen molar-refractivity contribution >= 4 is 11.9 Å². The van der Waals surface area contributed by atoms with Crippen LogP contribution in [0.3, 0.4) is 0 Å². The lowest BCUT2D eigenvalue weighted by molar-refractivity contribution is -0.119. The predicted octanol–water partition coefficient (Wildman–Crippen LogP) is 3.88. The predicted molar refractivity (Wildman–Crippen MR) is 93.8 cm³/mol. The van der Waals surface area contributed by atoms with Gasteiger partial charge in [-0.2, -0.15) is 4.98 Å². The van der Waals surface area contributed by atoms with Crippen LogP contribution in [0.25, 0.3) is 0 Å². The summed E-state index contributed by atoms with van der Waals surface area (Å²) in [5.41, 5.74) is 0. The number of hydrogen-bond acceptors (Lipinski definition) is 3. The van der Waals surface area contributed by atoms with Crippen LogP contribution in [0.5, 0.6) is 0 Å². The monoisotopic (exact) mass is 329 g/mol. The Hall–Kier alpha value is -2.11. The molecule has 2 aromatic heterocycles. The van der Waals surface area contributed by atoms with E-state index in [-0.39, 0.29) is 11.9 Å². The summed E-state index contributed by atoms with van der Waals surface area (Å²) >= 11 is 0. The molecule has 0 bridgehead atoms. The molecule has 1 unspecified atom stereocenters. The van der Waals surface area contributed by atoms with E-state index in [1.165, 1.54) is 19.3 Å². The molecule has 3 rings (SSSR count). The number of carbonyl (C=O) groups excluding carboxylic acids is 1. The lowest BCUT2D eigenvalue weighted by Gasteiger charge is -2.19. The molecule has 2 aromatic rings. The van der Waals surface area contributed by atoms with E-state index in [4.69, 9.17) is 0 Å². The van der Waals surface area contributed by atoms with Gasteiger partial charge in [0.2, 0.25) is 11.9 Å². The van der Waals surface area contributed by atoms with E-state index in [2.05, 4.69) is 34.3 Å². The first-order valence-electron chi connectivity index (χ1n) is 8.99. The highest BCUT2D eigenvalue weighted by atomic mass is 16.2. The van der Waals surface area contributed by atoms with Crippen LogP contribution in [0.1, 0.15) is 70.2 Å². The molecule has 2 heterocycles. The molecule has 1 saturated carbocycles. The maximum atomic E-state index is 12.7. The fraction of sp³-hybridized carbons (Fsp3) is 0.611. The second-order valence-corrected chi connectivity index (χ2v) is 7.14. The minimum atomic E-state index is -0.239. The molecule has 130 valence electrons. The van der Waals surface area contributed by atoms with Crippen molar-refractivity contribution < 1.29 is 4.79 Å². The van der Waals surface area contributed by atoms with Crippen LogP contribution >= 0.6 is 0 Å². The van der Waals surface area contributed by atoms with Gasteiger partial charge in [-0.05, 0) is 37.3 Å². The van der Waals surface area contributed by atoms with Crippen molar-refractivity contribution in [3.05, 3.63) is 30.4 Å². The zero-order chi connectivity index (χ0) is 16.9. The number of rotatable bonds is 6. The molecule has 1 amide bonds. The average Bonchev–Trinajstić information content (AvgIpc) is 3.25. The van der Waals surface area contributed by atoms with Crippen molar-refractivity contribution in [2.24, 2.45) is 5.92 Å². The fourth-order valence-corrected chi connectivity index (χ4v) is 3.45. The molecule has 0 saturated heterocycles. The van der Waals surface area contributed by atoms with Crippen LogP contribution in [0.15, 0.2) is 24.5 Å². The SMILES string of the molecule is CC(C)CC(C(=O)Nc1n[nH]c(C2CCCCC2)n1)n1cccc1. The summed E-state index contributed by atoms with van der Waals surface area (Å²) in [6, 6.07) is 3.64. The summed E-state index contributed by atoms with van der Waals surface area (Å²) < 4.78 is 1.95. The van der Waals surface area contributed by atoms with Crippen molar-refractivity contribution in [2.75, 3.05) is 5.32 Å². The maximum absolute atomic E-state index is 12.7. The Morgan fingerprint density at radius 1 is 1.29 bits per heavy atom. The Morgan fingerprint density at radius 3 is 2.67 bits per heavy atom. The van der Waals surface area contributed by atoms with Crippen LogP contribution in [0.4, 0.5) is 5.95 Å². The van der Waals surface area contributed by atoms with Gasteiger partial charge in [0.1, 0.15) is 11.9 Å². The van der Waals surface area contributed by atoms with Gasteiger partial charge in [0.25, 0.3) is 0 Å². The molecule has 0 spiro atoms. The van der Waals surface area contributed by atoms with E-state index >= 15 is 0 Å². The lowest BCUT2D eigenvalue weighted by atomic mass is 9.89. The minimum Gasteiger partial charge on any atom is -0.342 e. The highest BCUT2D eigenvalue weighted by Crippen LogP contribution is 2.30. The van der Waals surface area contributed by atoms with Crippen LogP contribution in [0.2, 0.25) is 0 Å². The topological polar surface area (TPSA) is 75.6 Å². The molecule has 6 heteroatoms. The third kappa shape index (κ3) is 4.04. The van der Waals surface area contributed by atoms with Gasteiger partial charge in [-0.3, -0.25) is 15.2 Å². The number of aromatic nitrogens is 4. The third-order valence-corrected chi connectivity index (χ3v) is 4.71. The highest BCUT2D eigenvalue weighted by Gasteiger charge is 2.24. The molecule has 6 nitrogen and oxygen atoms in total. The first-order chi connectivity index (χ1) is 11.6. The van der Waals surface area contributed by atoms with Crippen molar-refractivity contribution in [3.8, 4) is 0 Å². The van der Waals surface area contributed by atoms with Crippen LogP contribution < -0.4 is 5.32 Å². The Morgan fingerprint density at radius 2 is 2.00 bits per heavy atom. The molecule has 0 aliphatic heterocycles. The molecule has 0 aromatic carbocycles. The summed E-state index contributed by atoms with van der Waals surface area (Å²) in [5.74, 6) is 2.11. The Kier molecular flexibility index (Phi) is 5.33. The summed E-state index contributed by atoms with van der Waals surface area (Å²) in [7, 11) is 0. The first kappa shape index (κ1) is 16.7. The summed E-state index contributed by atoms with van der Waals surface area (Å²) in [6.07, 6.45) is 10.7.